The SMILES string of the molecule is CCC1CCC(C(C)Cc2cc(F)c(-c3ccc(F)c(F)c3)c(F)c2)CC1. The van der Waals surface area contributed by atoms with Gasteiger partial charge in [-0.2, -0.15) is 0 Å². The van der Waals surface area contributed by atoms with Gasteiger partial charge in [0.1, 0.15) is 11.6 Å². The minimum atomic E-state index is -1.12. The van der Waals surface area contributed by atoms with Crippen LogP contribution in [0.2, 0.25) is 0 Å². The number of hydrogen-bond donors (Lipinski definition) is 0. The zero-order chi connectivity index (χ0) is 19.6. The Kier molecular flexibility index (Phi) is 6.23. The van der Waals surface area contributed by atoms with Crippen molar-refractivity contribution >= 4 is 0 Å². The summed E-state index contributed by atoms with van der Waals surface area (Å²) in [6.45, 7) is 4.38. The third kappa shape index (κ3) is 4.53. The van der Waals surface area contributed by atoms with Crippen molar-refractivity contribution in [2.24, 2.45) is 17.8 Å². The quantitative estimate of drug-likeness (QED) is 0.479. The molecule has 1 saturated carbocycles. The van der Waals surface area contributed by atoms with Gasteiger partial charge in [0.25, 0.3) is 0 Å². The molecule has 0 aliphatic heterocycles. The molecule has 0 spiro atoms. The van der Waals surface area contributed by atoms with E-state index in [1.54, 1.807) is 0 Å². The minimum absolute atomic E-state index is 0.00128. The van der Waals surface area contributed by atoms with Crippen LogP contribution in [0.25, 0.3) is 11.1 Å². The fourth-order valence-electron chi connectivity index (χ4n) is 4.37. The lowest BCUT2D eigenvalue weighted by Crippen LogP contribution is -2.21. The van der Waals surface area contributed by atoms with E-state index in [0.29, 0.717) is 23.8 Å². The molecule has 1 aliphatic rings. The first-order chi connectivity index (χ1) is 12.9. The van der Waals surface area contributed by atoms with E-state index in [-0.39, 0.29) is 11.1 Å². The van der Waals surface area contributed by atoms with Gasteiger partial charge in [-0.05, 0) is 72.4 Å². The van der Waals surface area contributed by atoms with Gasteiger partial charge in [-0.15, -0.1) is 0 Å². The van der Waals surface area contributed by atoms with Crippen LogP contribution < -0.4 is 0 Å². The van der Waals surface area contributed by atoms with Crippen LogP contribution in [0.4, 0.5) is 17.6 Å². The van der Waals surface area contributed by atoms with Gasteiger partial charge in [-0.3, -0.25) is 0 Å². The maximum Gasteiger partial charge on any atom is 0.159 e. The summed E-state index contributed by atoms with van der Waals surface area (Å²) < 4.78 is 55.6. The molecule has 1 fully saturated rings. The third-order valence-corrected chi connectivity index (χ3v) is 6.14. The minimum Gasteiger partial charge on any atom is -0.206 e. The van der Waals surface area contributed by atoms with E-state index in [0.717, 1.165) is 18.1 Å². The second-order valence-corrected chi connectivity index (χ2v) is 7.93. The van der Waals surface area contributed by atoms with Crippen molar-refractivity contribution < 1.29 is 17.6 Å². The summed E-state index contributed by atoms with van der Waals surface area (Å²) in [4.78, 5) is 0. The second kappa shape index (κ2) is 8.45. The molecule has 0 radical (unpaired) electrons. The number of hydrogen-bond acceptors (Lipinski definition) is 0. The molecule has 1 atom stereocenters. The summed E-state index contributed by atoms with van der Waals surface area (Å²) in [6, 6.07) is 5.55. The van der Waals surface area contributed by atoms with Crippen molar-refractivity contribution in [3.63, 3.8) is 0 Å². The fourth-order valence-corrected chi connectivity index (χ4v) is 4.37. The highest BCUT2D eigenvalue weighted by Gasteiger charge is 2.25. The van der Waals surface area contributed by atoms with E-state index in [4.69, 9.17) is 0 Å². The van der Waals surface area contributed by atoms with E-state index < -0.39 is 23.3 Å². The maximum atomic E-state index is 14.6. The predicted octanol–water partition coefficient (Wildman–Crippen LogP) is 7.31. The van der Waals surface area contributed by atoms with E-state index >= 15 is 0 Å². The normalized spacial score (nSPS) is 21.3. The Labute approximate surface area is 158 Å². The lowest BCUT2D eigenvalue weighted by atomic mass is 9.74. The molecule has 0 N–H and O–H groups in total. The summed E-state index contributed by atoms with van der Waals surface area (Å²) in [6.07, 6.45) is 6.68. The Bertz CT molecular complexity index is 768. The summed E-state index contributed by atoms with van der Waals surface area (Å²) in [5, 5.41) is 0. The Morgan fingerprint density at radius 2 is 1.48 bits per heavy atom. The molecular weight excluding hydrogens is 352 g/mol. The van der Waals surface area contributed by atoms with Crippen molar-refractivity contribution in [2.75, 3.05) is 0 Å². The van der Waals surface area contributed by atoms with Gasteiger partial charge in [-0.1, -0.05) is 39.2 Å². The Morgan fingerprint density at radius 3 is 2.04 bits per heavy atom. The van der Waals surface area contributed by atoms with Crippen LogP contribution in [0.1, 0.15) is 51.5 Å². The Hall–Kier alpha value is -1.84. The van der Waals surface area contributed by atoms with Crippen LogP contribution >= 0.6 is 0 Å². The van der Waals surface area contributed by atoms with Crippen LogP contribution in [-0.4, -0.2) is 0 Å². The summed E-state index contributed by atoms with van der Waals surface area (Å²) >= 11 is 0. The van der Waals surface area contributed by atoms with Gasteiger partial charge < -0.3 is 0 Å². The molecule has 0 bridgehead atoms. The van der Waals surface area contributed by atoms with Gasteiger partial charge in [0.15, 0.2) is 11.6 Å². The van der Waals surface area contributed by atoms with E-state index in [1.165, 1.54) is 50.3 Å². The van der Waals surface area contributed by atoms with Crippen molar-refractivity contribution in [3.8, 4) is 11.1 Å². The van der Waals surface area contributed by atoms with E-state index in [9.17, 15) is 17.6 Å². The van der Waals surface area contributed by atoms with Crippen LogP contribution in [0.5, 0.6) is 0 Å². The van der Waals surface area contributed by atoms with Gasteiger partial charge in [-0.25, -0.2) is 17.6 Å². The molecule has 0 heterocycles. The molecule has 0 aromatic heterocycles. The topological polar surface area (TPSA) is 0 Å². The Balaban J connectivity index is 1.75. The summed E-state index contributed by atoms with van der Waals surface area (Å²) in [5.74, 6) is -1.87. The first-order valence-electron chi connectivity index (χ1n) is 9.82. The molecule has 0 saturated heterocycles. The second-order valence-electron chi connectivity index (χ2n) is 7.93. The summed E-state index contributed by atoms with van der Waals surface area (Å²) in [7, 11) is 0. The fraction of sp³-hybridized carbons (Fsp3) is 0.478. The van der Waals surface area contributed by atoms with Crippen molar-refractivity contribution in [2.45, 2.75) is 52.4 Å². The highest BCUT2D eigenvalue weighted by molar-refractivity contribution is 5.65. The monoisotopic (exact) mass is 378 g/mol. The number of halogens is 4. The number of rotatable bonds is 5. The largest absolute Gasteiger partial charge is 0.206 e. The average Bonchev–Trinajstić information content (AvgIpc) is 2.64. The molecule has 0 amide bonds. The third-order valence-electron chi connectivity index (χ3n) is 6.14. The maximum absolute atomic E-state index is 14.6. The lowest BCUT2D eigenvalue weighted by Gasteiger charge is -2.32. The average molecular weight is 378 g/mol. The first-order valence-corrected chi connectivity index (χ1v) is 9.82. The Morgan fingerprint density at radius 1 is 0.852 bits per heavy atom. The smallest absolute Gasteiger partial charge is 0.159 e. The molecule has 2 aromatic carbocycles. The molecule has 1 aliphatic carbocycles. The first kappa shape index (κ1) is 19.9. The molecular formula is C23H26F4. The molecule has 0 nitrogen and oxygen atoms in total. The van der Waals surface area contributed by atoms with Gasteiger partial charge in [0, 0.05) is 0 Å². The van der Waals surface area contributed by atoms with E-state index in [2.05, 4.69) is 13.8 Å². The zero-order valence-electron chi connectivity index (χ0n) is 15.9. The molecule has 4 heteroatoms. The lowest BCUT2D eigenvalue weighted by molar-refractivity contribution is 0.210. The highest BCUT2D eigenvalue weighted by atomic mass is 19.2. The number of benzene rings is 2. The zero-order valence-corrected chi connectivity index (χ0v) is 15.9. The molecule has 3 rings (SSSR count). The van der Waals surface area contributed by atoms with Gasteiger partial charge in [0.2, 0.25) is 0 Å². The highest BCUT2D eigenvalue weighted by Crippen LogP contribution is 2.36. The van der Waals surface area contributed by atoms with Crippen LogP contribution in [0.3, 0.4) is 0 Å². The molecule has 2 aromatic rings. The van der Waals surface area contributed by atoms with Crippen LogP contribution in [0, 0.1) is 41.0 Å². The van der Waals surface area contributed by atoms with Crippen molar-refractivity contribution in [1.82, 2.24) is 0 Å². The van der Waals surface area contributed by atoms with E-state index in [1.807, 2.05) is 0 Å². The molecule has 1 unspecified atom stereocenters. The molecule has 27 heavy (non-hydrogen) atoms. The standard InChI is InChI=1S/C23H26F4/c1-3-15-4-6-17(7-5-15)14(2)10-16-11-21(26)23(22(27)12-16)18-8-9-19(24)20(25)13-18/h8-9,11-15,17H,3-7,10H2,1-2H3. The predicted molar refractivity (Wildman–Crippen MR) is 100 cm³/mol. The van der Waals surface area contributed by atoms with Gasteiger partial charge >= 0.3 is 0 Å². The summed E-state index contributed by atoms with van der Waals surface area (Å²) in [5.41, 5.74) is 0.302. The van der Waals surface area contributed by atoms with Crippen LogP contribution in [-0.2, 0) is 6.42 Å². The van der Waals surface area contributed by atoms with Gasteiger partial charge in [0.05, 0.1) is 5.56 Å². The van der Waals surface area contributed by atoms with Crippen molar-refractivity contribution in [1.29, 1.82) is 0 Å². The van der Waals surface area contributed by atoms with Crippen molar-refractivity contribution in [3.05, 3.63) is 59.2 Å². The molecule has 146 valence electrons. The van der Waals surface area contributed by atoms with Crippen LogP contribution in [0.15, 0.2) is 30.3 Å².